The maximum Gasteiger partial charge on any atom is 0.129 e. The molecule has 26 heavy (non-hydrogen) atoms. The third-order valence-corrected chi connectivity index (χ3v) is 5.23. The van der Waals surface area contributed by atoms with Crippen LogP contribution < -0.4 is 0 Å². The van der Waals surface area contributed by atoms with Crippen LogP contribution in [-0.2, 0) is 19.5 Å². The number of aryl methyl sites for hydroxylation is 1. The minimum absolute atomic E-state index is 0. The van der Waals surface area contributed by atoms with Crippen LogP contribution in [0.4, 0.5) is 4.39 Å². The Morgan fingerprint density at radius 1 is 1.19 bits per heavy atom. The highest BCUT2D eigenvalue weighted by molar-refractivity contribution is 5.86. The molecule has 0 radical (unpaired) electrons. The summed E-state index contributed by atoms with van der Waals surface area (Å²) in [5.41, 5.74) is 5.33. The van der Waals surface area contributed by atoms with Crippen LogP contribution in [0.25, 0.3) is 10.9 Å². The average Bonchev–Trinajstić information content (AvgIpc) is 2.87. The number of benzene rings is 2. The van der Waals surface area contributed by atoms with Crippen molar-refractivity contribution >= 4 is 23.3 Å². The van der Waals surface area contributed by atoms with Crippen LogP contribution in [0.1, 0.15) is 28.5 Å². The summed E-state index contributed by atoms with van der Waals surface area (Å²) in [6.07, 6.45) is 0.142. The number of hydrogen-bond acceptors (Lipinski definition) is 2. The molecule has 1 aliphatic rings. The number of fused-ring (bicyclic) bond motifs is 3. The summed E-state index contributed by atoms with van der Waals surface area (Å²) >= 11 is 0. The van der Waals surface area contributed by atoms with Crippen molar-refractivity contribution in [2.75, 3.05) is 13.6 Å². The van der Waals surface area contributed by atoms with Gasteiger partial charge in [0.2, 0.25) is 0 Å². The molecule has 0 saturated heterocycles. The molecule has 0 aliphatic carbocycles. The van der Waals surface area contributed by atoms with E-state index in [4.69, 9.17) is 0 Å². The standard InChI is InChI=1S/C21H23FN2O.ClH/c1-14-7-8-19-17(11-14)15-9-10-23(2)12-20(15)24(19)13-21(25)16-5-3-4-6-18(16)22;/h3-8,11,21,25H,9-10,12-13H2,1-2H3;1H. The van der Waals surface area contributed by atoms with Crippen molar-refractivity contribution in [1.29, 1.82) is 0 Å². The summed E-state index contributed by atoms with van der Waals surface area (Å²) < 4.78 is 16.2. The van der Waals surface area contributed by atoms with Crippen molar-refractivity contribution in [3.8, 4) is 0 Å². The topological polar surface area (TPSA) is 28.4 Å². The van der Waals surface area contributed by atoms with Crippen LogP contribution in [0.5, 0.6) is 0 Å². The molecule has 0 amide bonds. The molecule has 138 valence electrons. The maximum absolute atomic E-state index is 14.1. The second kappa shape index (κ2) is 7.39. The van der Waals surface area contributed by atoms with Gasteiger partial charge in [-0.1, -0.05) is 29.8 Å². The highest BCUT2D eigenvalue weighted by Gasteiger charge is 2.24. The Bertz CT molecular complexity index is 937. The third-order valence-electron chi connectivity index (χ3n) is 5.23. The first kappa shape index (κ1) is 18.9. The van der Waals surface area contributed by atoms with E-state index in [0.29, 0.717) is 12.1 Å². The smallest absolute Gasteiger partial charge is 0.129 e. The van der Waals surface area contributed by atoms with Crippen molar-refractivity contribution < 1.29 is 9.50 Å². The summed E-state index contributed by atoms with van der Waals surface area (Å²) in [4.78, 5) is 2.29. The lowest BCUT2D eigenvalue weighted by atomic mass is 10.0. The van der Waals surface area contributed by atoms with E-state index in [2.05, 4.69) is 41.6 Å². The minimum atomic E-state index is -0.866. The van der Waals surface area contributed by atoms with E-state index in [9.17, 15) is 9.50 Å². The number of aliphatic hydroxyl groups is 1. The molecule has 1 aliphatic heterocycles. The van der Waals surface area contributed by atoms with Crippen LogP contribution in [0, 0.1) is 12.7 Å². The summed E-state index contributed by atoms with van der Waals surface area (Å²) in [5, 5.41) is 11.9. The van der Waals surface area contributed by atoms with Crippen molar-refractivity contribution in [3.63, 3.8) is 0 Å². The number of nitrogens with zero attached hydrogens (tertiary/aromatic N) is 2. The molecule has 1 atom stereocenters. The Balaban J connectivity index is 0.00000196. The van der Waals surface area contributed by atoms with Gasteiger partial charge in [-0.3, -0.25) is 0 Å². The van der Waals surface area contributed by atoms with Gasteiger partial charge in [0, 0.05) is 35.2 Å². The molecule has 2 aromatic carbocycles. The van der Waals surface area contributed by atoms with Crippen LogP contribution in [0.3, 0.4) is 0 Å². The molecule has 0 bridgehead atoms. The first-order valence-electron chi connectivity index (χ1n) is 8.76. The number of likely N-dealkylation sites (N-methyl/N-ethyl adjacent to an activating group) is 1. The molecule has 1 unspecified atom stereocenters. The lowest BCUT2D eigenvalue weighted by molar-refractivity contribution is 0.150. The summed E-state index contributed by atoms with van der Waals surface area (Å²) in [6.45, 7) is 4.36. The van der Waals surface area contributed by atoms with E-state index in [-0.39, 0.29) is 18.2 Å². The zero-order chi connectivity index (χ0) is 17.6. The van der Waals surface area contributed by atoms with Gasteiger partial charge in [-0.25, -0.2) is 4.39 Å². The number of halogens is 2. The van der Waals surface area contributed by atoms with Gasteiger partial charge in [-0.2, -0.15) is 0 Å². The number of aliphatic hydroxyl groups excluding tert-OH is 1. The molecule has 3 nitrogen and oxygen atoms in total. The Morgan fingerprint density at radius 3 is 2.73 bits per heavy atom. The molecule has 5 heteroatoms. The van der Waals surface area contributed by atoms with Gasteiger partial charge in [0.1, 0.15) is 5.82 Å². The van der Waals surface area contributed by atoms with E-state index < -0.39 is 6.10 Å². The summed E-state index contributed by atoms with van der Waals surface area (Å²) in [6, 6.07) is 12.9. The molecule has 2 heterocycles. The van der Waals surface area contributed by atoms with Gasteiger partial charge in [-0.05, 0) is 44.2 Å². The molecule has 1 aromatic heterocycles. The monoisotopic (exact) mass is 374 g/mol. The lowest BCUT2D eigenvalue weighted by Gasteiger charge is -2.25. The van der Waals surface area contributed by atoms with Crippen LogP contribution >= 0.6 is 12.4 Å². The summed E-state index contributed by atoms with van der Waals surface area (Å²) in [5.74, 6) is -0.353. The molecular formula is C21H24ClFN2O. The minimum Gasteiger partial charge on any atom is -0.386 e. The highest BCUT2D eigenvalue weighted by atomic mass is 35.5. The second-order valence-electron chi connectivity index (χ2n) is 7.08. The fourth-order valence-corrected chi connectivity index (χ4v) is 3.91. The van der Waals surface area contributed by atoms with Gasteiger partial charge in [0.05, 0.1) is 12.6 Å². The Hall–Kier alpha value is -1.88. The SMILES string of the molecule is Cc1ccc2c(c1)c1c(n2CC(O)c2ccccc2F)CN(C)CC1.Cl. The molecule has 3 aromatic rings. The Labute approximate surface area is 159 Å². The first-order valence-corrected chi connectivity index (χ1v) is 8.76. The van der Waals surface area contributed by atoms with Crippen molar-refractivity contribution in [1.82, 2.24) is 9.47 Å². The van der Waals surface area contributed by atoms with Gasteiger partial charge < -0.3 is 14.6 Å². The van der Waals surface area contributed by atoms with Crippen molar-refractivity contribution in [2.24, 2.45) is 0 Å². The number of aromatic nitrogens is 1. The molecular weight excluding hydrogens is 351 g/mol. The zero-order valence-electron chi connectivity index (χ0n) is 15.1. The Kier molecular flexibility index (Phi) is 5.37. The normalized spacial score (nSPS) is 15.5. The fourth-order valence-electron chi connectivity index (χ4n) is 3.91. The predicted octanol–water partition coefficient (Wildman–Crippen LogP) is 4.23. The van der Waals surface area contributed by atoms with E-state index in [1.54, 1.807) is 18.2 Å². The number of hydrogen-bond donors (Lipinski definition) is 1. The quantitative estimate of drug-likeness (QED) is 0.743. The largest absolute Gasteiger partial charge is 0.386 e. The van der Waals surface area contributed by atoms with Crippen LogP contribution in [0.2, 0.25) is 0 Å². The van der Waals surface area contributed by atoms with E-state index in [1.807, 2.05) is 0 Å². The number of rotatable bonds is 3. The zero-order valence-corrected chi connectivity index (χ0v) is 15.9. The maximum atomic E-state index is 14.1. The molecule has 1 N–H and O–H groups in total. The fraction of sp³-hybridized carbons (Fsp3) is 0.333. The van der Waals surface area contributed by atoms with E-state index in [1.165, 1.54) is 28.3 Å². The summed E-state index contributed by atoms with van der Waals surface area (Å²) in [7, 11) is 2.11. The third kappa shape index (κ3) is 3.25. The van der Waals surface area contributed by atoms with E-state index in [0.717, 1.165) is 25.0 Å². The van der Waals surface area contributed by atoms with Gasteiger partial charge in [-0.15, -0.1) is 12.4 Å². The van der Waals surface area contributed by atoms with Crippen molar-refractivity contribution in [2.45, 2.75) is 32.5 Å². The van der Waals surface area contributed by atoms with E-state index >= 15 is 0 Å². The van der Waals surface area contributed by atoms with Gasteiger partial charge in [0.25, 0.3) is 0 Å². The average molecular weight is 375 g/mol. The molecule has 4 rings (SSSR count). The molecule has 0 spiro atoms. The first-order chi connectivity index (χ1) is 12.0. The van der Waals surface area contributed by atoms with Crippen LogP contribution in [0.15, 0.2) is 42.5 Å². The molecule has 0 fully saturated rings. The molecule has 0 saturated carbocycles. The highest BCUT2D eigenvalue weighted by Crippen LogP contribution is 2.33. The van der Waals surface area contributed by atoms with Crippen LogP contribution in [-0.4, -0.2) is 28.2 Å². The second-order valence-corrected chi connectivity index (χ2v) is 7.08. The van der Waals surface area contributed by atoms with Crippen molar-refractivity contribution in [3.05, 3.63) is 70.7 Å². The van der Waals surface area contributed by atoms with Gasteiger partial charge in [0.15, 0.2) is 0 Å². The predicted molar refractivity (Wildman–Crippen MR) is 105 cm³/mol. The van der Waals surface area contributed by atoms with Gasteiger partial charge >= 0.3 is 0 Å². The lowest BCUT2D eigenvalue weighted by Crippen LogP contribution is -2.28. The Morgan fingerprint density at radius 2 is 1.96 bits per heavy atom.